The number of anilines is 1. The lowest BCUT2D eigenvalue weighted by Gasteiger charge is -2.15. The Kier molecular flexibility index (Phi) is 7.75. The Hall–Kier alpha value is -2.79. The van der Waals surface area contributed by atoms with Gasteiger partial charge in [0.05, 0.1) is 15.8 Å². The third kappa shape index (κ3) is 6.59. The molecule has 3 aromatic rings. The van der Waals surface area contributed by atoms with Gasteiger partial charge in [-0.05, 0) is 34.8 Å². The molecule has 0 amide bonds. The molecular formula is C20H22BrN5O4S. The minimum atomic E-state index is -3.55. The summed E-state index contributed by atoms with van der Waals surface area (Å²) in [5, 5.41) is 0. The molecule has 0 saturated carbocycles. The lowest BCUT2D eigenvalue weighted by molar-refractivity contribution is 0.202. The Bertz CT molecular complexity index is 1110. The number of nitrogens with zero attached hydrogens (tertiary/aromatic N) is 4. The van der Waals surface area contributed by atoms with Crippen LogP contribution in [0.15, 0.2) is 47.5 Å². The highest BCUT2D eigenvalue weighted by Crippen LogP contribution is 2.34. The van der Waals surface area contributed by atoms with Gasteiger partial charge in [-0.25, -0.2) is 28.4 Å². The third-order valence-corrected chi connectivity index (χ3v) is 5.89. The summed E-state index contributed by atoms with van der Waals surface area (Å²) >= 11 is 3.26. The Morgan fingerprint density at radius 3 is 2.35 bits per heavy atom. The highest BCUT2D eigenvalue weighted by atomic mass is 79.9. The molecule has 31 heavy (non-hydrogen) atoms. The van der Waals surface area contributed by atoms with E-state index in [1.54, 1.807) is 19.3 Å². The molecule has 0 radical (unpaired) electrons. The van der Waals surface area contributed by atoms with E-state index < -0.39 is 10.0 Å². The first kappa shape index (κ1) is 22.9. The maximum absolute atomic E-state index is 12.3. The summed E-state index contributed by atoms with van der Waals surface area (Å²) in [7, 11) is -3.55. The summed E-state index contributed by atoms with van der Waals surface area (Å²) in [6.07, 6.45) is 4.91. The van der Waals surface area contributed by atoms with E-state index in [1.165, 1.54) is 6.33 Å². The van der Waals surface area contributed by atoms with E-state index in [1.807, 2.05) is 31.2 Å². The van der Waals surface area contributed by atoms with Crippen molar-refractivity contribution in [2.24, 2.45) is 0 Å². The van der Waals surface area contributed by atoms with E-state index in [9.17, 15) is 8.42 Å². The van der Waals surface area contributed by atoms with E-state index >= 15 is 0 Å². The normalized spacial score (nSPS) is 11.2. The van der Waals surface area contributed by atoms with Gasteiger partial charge in [0.1, 0.15) is 19.5 Å². The minimum Gasteiger partial charge on any atom is -0.473 e. The fraction of sp³-hybridized carbons (Fsp3) is 0.300. The van der Waals surface area contributed by atoms with Gasteiger partial charge in [-0.1, -0.05) is 36.8 Å². The van der Waals surface area contributed by atoms with Gasteiger partial charge in [0, 0.05) is 12.4 Å². The molecule has 0 spiro atoms. The second-order valence-corrected chi connectivity index (χ2v) is 9.33. The zero-order valence-corrected chi connectivity index (χ0v) is 19.5. The molecule has 2 aromatic heterocycles. The van der Waals surface area contributed by atoms with Crippen LogP contribution in [-0.4, -0.2) is 47.3 Å². The molecule has 11 heteroatoms. The van der Waals surface area contributed by atoms with Gasteiger partial charge >= 0.3 is 6.01 Å². The lowest BCUT2D eigenvalue weighted by atomic mass is 10.1. The van der Waals surface area contributed by atoms with Crippen LogP contribution in [0.3, 0.4) is 0 Å². The van der Waals surface area contributed by atoms with E-state index in [0.29, 0.717) is 12.0 Å². The maximum atomic E-state index is 12.3. The first-order valence-electron chi connectivity index (χ1n) is 9.53. The molecule has 0 aliphatic heterocycles. The van der Waals surface area contributed by atoms with Crippen LogP contribution in [0.25, 0.3) is 11.1 Å². The quantitative estimate of drug-likeness (QED) is 0.413. The van der Waals surface area contributed by atoms with Crippen LogP contribution in [-0.2, 0) is 10.0 Å². The highest BCUT2D eigenvalue weighted by Gasteiger charge is 2.19. The molecule has 0 atom stereocenters. The molecule has 0 fully saturated rings. The predicted octanol–water partition coefficient (Wildman–Crippen LogP) is 3.61. The Labute approximate surface area is 189 Å². The van der Waals surface area contributed by atoms with Crippen molar-refractivity contribution in [2.75, 3.05) is 23.7 Å². The molecule has 0 bridgehead atoms. The van der Waals surface area contributed by atoms with Gasteiger partial charge in [-0.2, -0.15) is 0 Å². The monoisotopic (exact) mass is 507 g/mol. The van der Waals surface area contributed by atoms with Gasteiger partial charge < -0.3 is 9.47 Å². The first-order chi connectivity index (χ1) is 14.9. The van der Waals surface area contributed by atoms with Crippen LogP contribution in [0.2, 0.25) is 0 Å². The number of rotatable bonds is 10. The Balaban J connectivity index is 1.82. The SMILES string of the molecule is CCCS(=O)(=O)Nc1ncnc(OCCOc2ncc(Br)cn2)c1-c1ccc(C)cc1. The zero-order chi connectivity index (χ0) is 22.3. The number of sulfonamides is 1. The van der Waals surface area contributed by atoms with Gasteiger partial charge in [0.2, 0.25) is 15.9 Å². The van der Waals surface area contributed by atoms with Crippen molar-refractivity contribution < 1.29 is 17.9 Å². The summed E-state index contributed by atoms with van der Waals surface area (Å²) < 4.78 is 39.2. The summed E-state index contributed by atoms with van der Waals surface area (Å²) in [6.45, 7) is 4.09. The van der Waals surface area contributed by atoms with Crippen molar-refractivity contribution >= 4 is 31.8 Å². The molecule has 3 rings (SSSR count). The number of halogens is 1. The first-order valence-corrected chi connectivity index (χ1v) is 12.0. The van der Waals surface area contributed by atoms with Crippen molar-refractivity contribution in [3.63, 3.8) is 0 Å². The van der Waals surface area contributed by atoms with Crippen LogP contribution < -0.4 is 14.2 Å². The zero-order valence-electron chi connectivity index (χ0n) is 17.1. The van der Waals surface area contributed by atoms with E-state index in [4.69, 9.17) is 9.47 Å². The molecule has 164 valence electrons. The molecule has 2 heterocycles. The van der Waals surface area contributed by atoms with Crippen molar-refractivity contribution in [1.82, 2.24) is 19.9 Å². The molecule has 1 N–H and O–H groups in total. The van der Waals surface area contributed by atoms with Gasteiger partial charge in [0.25, 0.3) is 0 Å². The van der Waals surface area contributed by atoms with E-state index in [2.05, 4.69) is 40.6 Å². The van der Waals surface area contributed by atoms with Crippen LogP contribution in [0.5, 0.6) is 11.9 Å². The van der Waals surface area contributed by atoms with Crippen molar-refractivity contribution in [2.45, 2.75) is 20.3 Å². The number of aryl methyl sites for hydroxylation is 1. The molecule has 9 nitrogen and oxygen atoms in total. The number of nitrogens with one attached hydrogen (secondary N) is 1. The van der Waals surface area contributed by atoms with Crippen molar-refractivity contribution in [3.05, 3.63) is 53.0 Å². The van der Waals surface area contributed by atoms with E-state index in [0.717, 1.165) is 15.6 Å². The fourth-order valence-electron chi connectivity index (χ4n) is 2.65. The molecule has 0 unspecified atom stereocenters. The second-order valence-electron chi connectivity index (χ2n) is 6.57. The second kappa shape index (κ2) is 10.5. The molecule has 0 aliphatic rings. The van der Waals surface area contributed by atoms with Crippen molar-refractivity contribution in [1.29, 1.82) is 0 Å². The van der Waals surface area contributed by atoms with Gasteiger partial charge in [0.15, 0.2) is 5.82 Å². The molecule has 0 aliphatic carbocycles. The standard InChI is InChI=1S/C20H22BrN5O4S/c1-3-10-31(27,28)26-18-17(15-6-4-14(2)5-7-15)19(25-13-24-18)29-8-9-30-20-22-11-16(21)12-23-20/h4-7,11-13H,3,8-10H2,1-2H3,(H,24,25,26). The largest absolute Gasteiger partial charge is 0.473 e. The smallest absolute Gasteiger partial charge is 0.316 e. The average Bonchev–Trinajstić information content (AvgIpc) is 2.73. The average molecular weight is 508 g/mol. The van der Waals surface area contributed by atoms with Crippen LogP contribution in [0.4, 0.5) is 5.82 Å². The number of hydrogen-bond acceptors (Lipinski definition) is 8. The summed E-state index contributed by atoms with van der Waals surface area (Å²) in [6, 6.07) is 7.80. The van der Waals surface area contributed by atoms with Gasteiger partial charge in [-0.3, -0.25) is 4.72 Å². The van der Waals surface area contributed by atoms with Gasteiger partial charge in [-0.15, -0.1) is 0 Å². The fourth-order valence-corrected chi connectivity index (χ4v) is 3.94. The van der Waals surface area contributed by atoms with Crippen LogP contribution >= 0.6 is 15.9 Å². The maximum Gasteiger partial charge on any atom is 0.316 e. The Morgan fingerprint density at radius 2 is 1.68 bits per heavy atom. The topological polar surface area (TPSA) is 116 Å². The third-order valence-electron chi connectivity index (χ3n) is 4.03. The van der Waals surface area contributed by atoms with Crippen LogP contribution in [0, 0.1) is 6.92 Å². The summed E-state index contributed by atoms with van der Waals surface area (Å²) in [5.74, 6) is 0.398. The Morgan fingerprint density at radius 1 is 1.00 bits per heavy atom. The predicted molar refractivity (Wildman–Crippen MR) is 121 cm³/mol. The molecule has 0 saturated heterocycles. The highest BCUT2D eigenvalue weighted by molar-refractivity contribution is 9.10. The number of benzene rings is 1. The number of aromatic nitrogens is 4. The minimum absolute atomic E-state index is 0.0123. The molecule has 1 aromatic carbocycles. The van der Waals surface area contributed by atoms with E-state index in [-0.39, 0.29) is 36.7 Å². The summed E-state index contributed by atoms with van der Waals surface area (Å²) in [4.78, 5) is 16.4. The van der Waals surface area contributed by atoms with Crippen molar-refractivity contribution in [3.8, 4) is 23.0 Å². The van der Waals surface area contributed by atoms with Crippen LogP contribution in [0.1, 0.15) is 18.9 Å². The summed E-state index contributed by atoms with van der Waals surface area (Å²) in [5.41, 5.74) is 2.26. The number of ether oxygens (including phenoxy) is 2. The number of hydrogen-bond donors (Lipinski definition) is 1. The molecular weight excluding hydrogens is 486 g/mol. The lowest BCUT2D eigenvalue weighted by Crippen LogP contribution is -2.18.